The number of hydrogen-bond donors (Lipinski definition) is 2. The lowest BCUT2D eigenvalue weighted by molar-refractivity contribution is 0.211. The molecular weight excluding hydrogens is 468 g/mol. The fourth-order valence-corrected chi connectivity index (χ4v) is 3.68. The van der Waals surface area contributed by atoms with Gasteiger partial charge in [0.25, 0.3) is 0 Å². The number of methoxy groups -OCH3 is 1. The predicted molar refractivity (Wildman–Crippen MR) is 145 cm³/mol. The highest BCUT2D eigenvalue weighted by Gasteiger charge is 2.26. The van der Waals surface area contributed by atoms with Crippen molar-refractivity contribution in [3.8, 4) is 17.2 Å². The molecule has 2 aromatic carbocycles. The first-order chi connectivity index (χ1) is 17.8. The van der Waals surface area contributed by atoms with Gasteiger partial charge in [-0.15, -0.1) is 0 Å². The van der Waals surface area contributed by atoms with Crippen molar-refractivity contribution in [2.45, 2.75) is 26.2 Å². The molecule has 0 spiro atoms. The molecule has 0 bridgehead atoms. The van der Waals surface area contributed by atoms with E-state index in [1.54, 1.807) is 54.5 Å². The zero-order valence-corrected chi connectivity index (χ0v) is 21.5. The number of urea groups is 1. The van der Waals surface area contributed by atoms with Crippen LogP contribution in [0, 0.1) is 0 Å². The number of ether oxygens (including phenoxy) is 2. The van der Waals surface area contributed by atoms with Crippen molar-refractivity contribution in [2.24, 2.45) is 5.73 Å². The van der Waals surface area contributed by atoms with Gasteiger partial charge in [0.15, 0.2) is 0 Å². The van der Waals surface area contributed by atoms with E-state index in [4.69, 9.17) is 20.3 Å². The van der Waals surface area contributed by atoms with Crippen molar-refractivity contribution < 1.29 is 14.3 Å². The molecule has 4 aromatic rings. The van der Waals surface area contributed by atoms with Crippen molar-refractivity contribution in [2.75, 3.05) is 30.5 Å². The molecule has 2 aromatic heterocycles. The number of anilines is 3. The molecule has 0 aliphatic rings. The first-order valence-corrected chi connectivity index (χ1v) is 12.0. The summed E-state index contributed by atoms with van der Waals surface area (Å²) in [5.41, 5.74) is 8.83. The van der Waals surface area contributed by atoms with Crippen molar-refractivity contribution in [3.63, 3.8) is 0 Å². The van der Waals surface area contributed by atoms with Crippen molar-refractivity contribution in [3.05, 3.63) is 84.8 Å². The summed E-state index contributed by atoms with van der Waals surface area (Å²) in [5.74, 6) is 1.77. The molecule has 0 saturated carbocycles. The lowest BCUT2D eigenvalue weighted by atomic mass is 9.92. The predicted octanol–water partition coefficient (Wildman–Crippen LogP) is 5.63. The van der Waals surface area contributed by atoms with Gasteiger partial charge in [0, 0.05) is 37.0 Å². The monoisotopic (exact) mass is 500 g/mol. The van der Waals surface area contributed by atoms with Gasteiger partial charge in [-0.3, -0.25) is 4.98 Å². The molecule has 0 fully saturated rings. The summed E-state index contributed by atoms with van der Waals surface area (Å²) in [6, 6.07) is 19.9. The molecular formula is C28H32N6O3. The van der Waals surface area contributed by atoms with E-state index >= 15 is 0 Å². The minimum atomic E-state index is -0.625. The van der Waals surface area contributed by atoms with Gasteiger partial charge in [0.2, 0.25) is 0 Å². The quantitative estimate of drug-likeness (QED) is 0.288. The Morgan fingerprint density at radius 3 is 2.38 bits per heavy atom. The number of primary amides is 1. The van der Waals surface area contributed by atoms with Crippen LogP contribution in [0.1, 0.15) is 26.5 Å². The summed E-state index contributed by atoms with van der Waals surface area (Å²) in [4.78, 5) is 18.3. The standard InChI is InChI=1S/C28H32N6O3/c1-28(2,3)25-18-26(34(32-25)22-9-7-20(8-10-22)31-16-17-36-4)33(27(29)35)21-11-13-23(14-12-21)37-24-6-5-15-30-19-24/h5-15,18-19,31H,16-17H2,1-4H3,(H2,29,35). The van der Waals surface area contributed by atoms with Crippen LogP contribution in [0.25, 0.3) is 5.69 Å². The van der Waals surface area contributed by atoms with Crippen molar-refractivity contribution in [1.29, 1.82) is 0 Å². The molecule has 0 saturated heterocycles. The number of nitrogens with two attached hydrogens (primary N) is 1. The largest absolute Gasteiger partial charge is 0.456 e. The molecule has 2 amide bonds. The molecule has 2 heterocycles. The van der Waals surface area contributed by atoms with E-state index < -0.39 is 6.03 Å². The fourth-order valence-electron chi connectivity index (χ4n) is 3.68. The Morgan fingerprint density at radius 2 is 1.78 bits per heavy atom. The Hall–Kier alpha value is -4.37. The summed E-state index contributed by atoms with van der Waals surface area (Å²) in [6.45, 7) is 7.54. The maximum absolute atomic E-state index is 12.8. The zero-order valence-electron chi connectivity index (χ0n) is 21.5. The van der Waals surface area contributed by atoms with Crippen molar-refractivity contribution in [1.82, 2.24) is 14.8 Å². The minimum absolute atomic E-state index is 0.244. The number of pyridine rings is 1. The number of benzene rings is 2. The van der Waals surface area contributed by atoms with E-state index in [9.17, 15) is 4.79 Å². The Labute approximate surface area is 216 Å². The third-order valence-corrected chi connectivity index (χ3v) is 5.62. The molecule has 192 valence electrons. The van der Waals surface area contributed by atoms with Gasteiger partial charge in [0.1, 0.15) is 17.3 Å². The molecule has 3 N–H and O–H groups in total. The number of carbonyl (C=O) groups excluding carboxylic acids is 1. The smallest absolute Gasteiger partial charge is 0.325 e. The zero-order chi connectivity index (χ0) is 26.4. The van der Waals surface area contributed by atoms with Crippen LogP contribution < -0.4 is 20.7 Å². The summed E-state index contributed by atoms with van der Waals surface area (Å²) >= 11 is 0. The maximum atomic E-state index is 12.8. The van der Waals surface area contributed by atoms with Gasteiger partial charge in [-0.2, -0.15) is 5.10 Å². The normalized spacial score (nSPS) is 11.2. The summed E-state index contributed by atoms with van der Waals surface area (Å²) < 4.78 is 12.7. The Morgan fingerprint density at radius 1 is 1.05 bits per heavy atom. The van der Waals surface area contributed by atoms with E-state index in [1.165, 1.54) is 4.90 Å². The molecule has 9 nitrogen and oxygen atoms in total. The molecule has 9 heteroatoms. The van der Waals surface area contributed by atoms with Gasteiger partial charge < -0.3 is 20.5 Å². The summed E-state index contributed by atoms with van der Waals surface area (Å²) in [5, 5.41) is 8.16. The Bertz CT molecular complexity index is 1310. The SMILES string of the molecule is COCCNc1ccc(-n2nc(C(C)(C)C)cc2N(C(N)=O)c2ccc(Oc3cccnc3)cc2)cc1. The second-order valence-corrected chi connectivity index (χ2v) is 9.47. The topological polar surface area (TPSA) is 108 Å². The van der Waals surface area contributed by atoms with E-state index in [1.807, 2.05) is 36.4 Å². The van der Waals surface area contributed by atoms with E-state index in [0.29, 0.717) is 36.2 Å². The fraction of sp³-hybridized carbons (Fsp3) is 0.250. The van der Waals surface area contributed by atoms with E-state index in [2.05, 4.69) is 31.1 Å². The molecule has 4 rings (SSSR count). The summed E-state index contributed by atoms with van der Waals surface area (Å²) in [7, 11) is 1.67. The number of rotatable bonds is 9. The van der Waals surface area contributed by atoms with E-state index in [0.717, 1.165) is 17.1 Å². The average molecular weight is 501 g/mol. The van der Waals surface area contributed by atoms with Crippen LogP contribution >= 0.6 is 0 Å². The highest BCUT2D eigenvalue weighted by molar-refractivity contribution is 5.98. The minimum Gasteiger partial charge on any atom is -0.456 e. The molecule has 0 radical (unpaired) electrons. The van der Waals surface area contributed by atoms with Gasteiger partial charge in [0.05, 0.1) is 29.9 Å². The maximum Gasteiger partial charge on any atom is 0.325 e. The number of aromatic nitrogens is 3. The van der Waals surface area contributed by atoms with Crippen LogP contribution in [-0.4, -0.2) is 41.1 Å². The summed E-state index contributed by atoms with van der Waals surface area (Å²) in [6.07, 6.45) is 3.32. The number of nitrogens with one attached hydrogen (secondary N) is 1. The molecule has 0 unspecified atom stereocenters. The number of amides is 2. The average Bonchev–Trinajstić information content (AvgIpc) is 3.32. The molecule has 0 aliphatic carbocycles. The third kappa shape index (κ3) is 6.25. The van der Waals surface area contributed by atoms with Gasteiger partial charge in [-0.1, -0.05) is 20.8 Å². The number of hydrogen-bond acceptors (Lipinski definition) is 6. The Kier molecular flexibility index (Phi) is 7.74. The van der Waals surface area contributed by atoms with Crippen molar-refractivity contribution >= 4 is 23.2 Å². The number of carbonyl (C=O) groups is 1. The van der Waals surface area contributed by atoms with Gasteiger partial charge in [-0.25, -0.2) is 14.4 Å². The second-order valence-electron chi connectivity index (χ2n) is 9.47. The second kappa shape index (κ2) is 11.1. The first-order valence-electron chi connectivity index (χ1n) is 12.0. The highest BCUT2D eigenvalue weighted by Crippen LogP contribution is 2.34. The van der Waals surface area contributed by atoms with Crippen LogP contribution in [0.2, 0.25) is 0 Å². The van der Waals surface area contributed by atoms with Crippen LogP contribution in [0.15, 0.2) is 79.1 Å². The molecule has 37 heavy (non-hydrogen) atoms. The highest BCUT2D eigenvalue weighted by atomic mass is 16.5. The number of nitrogens with zero attached hydrogens (tertiary/aromatic N) is 4. The van der Waals surface area contributed by atoms with Crippen LogP contribution in [-0.2, 0) is 10.2 Å². The molecule has 0 atom stereocenters. The Balaban J connectivity index is 1.68. The molecule has 0 aliphatic heterocycles. The van der Waals surface area contributed by atoms with Crippen LogP contribution in [0.4, 0.5) is 22.0 Å². The van der Waals surface area contributed by atoms with Crippen LogP contribution in [0.3, 0.4) is 0 Å². The third-order valence-electron chi connectivity index (χ3n) is 5.62. The first kappa shape index (κ1) is 25.7. The van der Waals surface area contributed by atoms with Gasteiger partial charge in [-0.05, 0) is 60.7 Å². The van der Waals surface area contributed by atoms with Gasteiger partial charge >= 0.3 is 6.03 Å². The lowest BCUT2D eigenvalue weighted by Gasteiger charge is -2.22. The van der Waals surface area contributed by atoms with Crippen LogP contribution in [0.5, 0.6) is 11.5 Å². The lowest BCUT2D eigenvalue weighted by Crippen LogP contribution is -2.33. The van der Waals surface area contributed by atoms with E-state index in [-0.39, 0.29) is 5.41 Å².